The van der Waals surface area contributed by atoms with Gasteiger partial charge >= 0.3 is 10.4 Å². The maximum Gasteiger partial charge on any atom is 0.400 e. The number of hydrogen-bond donors (Lipinski definition) is 3. The van der Waals surface area contributed by atoms with Crippen LogP contribution < -0.4 is 10.6 Å². The van der Waals surface area contributed by atoms with Gasteiger partial charge in [-0.1, -0.05) is 0 Å². The van der Waals surface area contributed by atoms with Gasteiger partial charge in [-0.15, -0.1) is 0 Å². The molecule has 9 heteroatoms. The minimum absolute atomic E-state index is 0.0865. The van der Waals surface area contributed by atoms with E-state index in [0.717, 1.165) is 0 Å². The summed E-state index contributed by atoms with van der Waals surface area (Å²) in [5, 5.41) is 15.4. The molecule has 2 saturated heterocycles. The fraction of sp³-hybridized carbons (Fsp3) is 0.875. The van der Waals surface area contributed by atoms with Gasteiger partial charge in [0.2, 0.25) is 5.91 Å². The molecular formula is C8H14N2O6S. The summed E-state index contributed by atoms with van der Waals surface area (Å²) in [7, 11) is -4.05. The fourth-order valence-corrected chi connectivity index (χ4v) is 2.87. The first-order valence-electron chi connectivity index (χ1n) is 5.15. The number of carbonyl (C=O) groups excluding carboxylic acids is 1. The van der Waals surface area contributed by atoms with Crippen LogP contribution in [0.2, 0.25) is 0 Å². The monoisotopic (exact) mass is 266 g/mol. The second-order valence-electron chi connectivity index (χ2n) is 4.07. The lowest BCUT2D eigenvalue weighted by Crippen LogP contribution is -2.67. The SMILES string of the molecule is CC(=O)N[C@H]1CNC2COS(=O)(=O)O[C@H]2C1O. The van der Waals surface area contributed by atoms with Gasteiger partial charge in [0.25, 0.3) is 0 Å². The van der Waals surface area contributed by atoms with Gasteiger partial charge in [-0.25, -0.2) is 8.37 Å². The zero-order chi connectivity index (χ0) is 12.6. The largest absolute Gasteiger partial charge is 0.400 e. The first-order valence-corrected chi connectivity index (χ1v) is 6.48. The molecule has 4 atom stereocenters. The summed E-state index contributed by atoms with van der Waals surface area (Å²) >= 11 is 0. The number of rotatable bonds is 1. The van der Waals surface area contributed by atoms with Crippen LogP contribution in [-0.2, 0) is 23.6 Å². The Balaban J connectivity index is 2.10. The molecule has 0 aliphatic carbocycles. The van der Waals surface area contributed by atoms with Crippen molar-refractivity contribution in [2.75, 3.05) is 13.2 Å². The van der Waals surface area contributed by atoms with Crippen LogP contribution in [0.4, 0.5) is 0 Å². The number of piperidine rings is 1. The normalized spacial score (nSPS) is 40.4. The van der Waals surface area contributed by atoms with Gasteiger partial charge in [0.05, 0.1) is 18.7 Å². The van der Waals surface area contributed by atoms with Crippen LogP contribution in [0.15, 0.2) is 0 Å². The highest BCUT2D eigenvalue weighted by Gasteiger charge is 2.45. The van der Waals surface area contributed by atoms with Crippen molar-refractivity contribution in [3.63, 3.8) is 0 Å². The predicted octanol–water partition coefficient (Wildman–Crippen LogP) is -2.52. The molecule has 17 heavy (non-hydrogen) atoms. The van der Waals surface area contributed by atoms with E-state index in [-0.39, 0.29) is 12.5 Å². The third kappa shape index (κ3) is 2.75. The number of aliphatic hydroxyl groups excluding tert-OH is 1. The van der Waals surface area contributed by atoms with E-state index in [2.05, 4.69) is 19.0 Å². The number of amides is 1. The van der Waals surface area contributed by atoms with E-state index in [1.807, 2.05) is 0 Å². The Kier molecular flexibility index (Phi) is 3.36. The van der Waals surface area contributed by atoms with Gasteiger partial charge in [-0.3, -0.25) is 4.79 Å². The zero-order valence-electron chi connectivity index (χ0n) is 9.12. The number of hydrogen-bond acceptors (Lipinski definition) is 7. The number of nitrogens with one attached hydrogen (secondary N) is 2. The molecule has 1 amide bonds. The smallest absolute Gasteiger partial charge is 0.388 e. The van der Waals surface area contributed by atoms with E-state index >= 15 is 0 Å². The molecule has 0 aromatic carbocycles. The number of fused-ring (bicyclic) bond motifs is 1. The molecule has 8 nitrogen and oxygen atoms in total. The Morgan fingerprint density at radius 1 is 1.53 bits per heavy atom. The van der Waals surface area contributed by atoms with E-state index < -0.39 is 34.7 Å². The highest BCUT2D eigenvalue weighted by Crippen LogP contribution is 2.22. The molecule has 0 bridgehead atoms. The molecule has 0 radical (unpaired) electrons. The number of carbonyl (C=O) groups is 1. The van der Waals surface area contributed by atoms with Crippen molar-refractivity contribution in [3.05, 3.63) is 0 Å². The van der Waals surface area contributed by atoms with Crippen LogP contribution in [-0.4, -0.2) is 56.9 Å². The summed E-state index contributed by atoms with van der Waals surface area (Å²) < 4.78 is 31.4. The second kappa shape index (κ2) is 4.50. The molecule has 2 aliphatic rings. The minimum Gasteiger partial charge on any atom is -0.388 e. The Morgan fingerprint density at radius 3 is 2.88 bits per heavy atom. The molecule has 2 unspecified atom stereocenters. The van der Waals surface area contributed by atoms with Crippen molar-refractivity contribution in [3.8, 4) is 0 Å². The Hall–Kier alpha value is -0.740. The molecule has 2 fully saturated rings. The topological polar surface area (TPSA) is 114 Å². The molecule has 0 saturated carbocycles. The second-order valence-corrected chi connectivity index (χ2v) is 5.31. The Morgan fingerprint density at radius 2 is 2.24 bits per heavy atom. The molecule has 2 heterocycles. The summed E-state index contributed by atoms with van der Waals surface area (Å²) in [5.41, 5.74) is 0. The first-order chi connectivity index (χ1) is 7.89. The quantitative estimate of drug-likeness (QED) is 0.480. The molecule has 0 aromatic heterocycles. The van der Waals surface area contributed by atoms with E-state index in [0.29, 0.717) is 6.54 Å². The van der Waals surface area contributed by atoms with Crippen LogP contribution in [0.1, 0.15) is 6.92 Å². The van der Waals surface area contributed by atoms with E-state index in [1.165, 1.54) is 6.92 Å². The first kappa shape index (κ1) is 12.7. The van der Waals surface area contributed by atoms with E-state index in [1.54, 1.807) is 0 Å². The highest BCUT2D eigenvalue weighted by atomic mass is 32.3. The summed E-state index contributed by atoms with van der Waals surface area (Å²) in [6.07, 6.45) is -2.04. The molecular weight excluding hydrogens is 252 g/mol. The molecule has 3 N–H and O–H groups in total. The predicted molar refractivity (Wildman–Crippen MR) is 55.1 cm³/mol. The Labute approximate surface area is 98.6 Å². The van der Waals surface area contributed by atoms with Gasteiger partial charge in [0.1, 0.15) is 12.2 Å². The molecule has 2 aliphatic heterocycles. The summed E-state index contributed by atoms with van der Waals surface area (Å²) in [5.74, 6) is -0.302. The summed E-state index contributed by atoms with van der Waals surface area (Å²) in [6, 6.07) is -0.986. The fourth-order valence-electron chi connectivity index (χ4n) is 1.98. The highest BCUT2D eigenvalue weighted by molar-refractivity contribution is 7.81. The lowest BCUT2D eigenvalue weighted by Gasteiger charge is -2.42. The van der Waals surface area contributed by atoms with Crippen LogP contribution in [0, 0.1) is 0 Å². The van der Waals surface area contributed by atoms with Crippen molar-refractivity contribution in [2.24, 2.45) is 0 Å². The van der Waals surface area contributed by atoms with Crippen molar-refractivity contribution in [2.45, 2.75) is 31.2 Å². The number of aliphatic hydroxyl groups is 1. The minimum atomic E-state index is -4.05. The Bertz CT molecular complexity index is 410. The average Bonchev–Trinajstić information content (AvgIpc) is 2.22. The van der Waals surface area contributed by atoms with Gasteiger partial charge in [-0.2, -0.15) is 8.42 Å². The standard InChI is InChI=1S/C8H14N2O6S/c1-4(11)10-5-2-9-6-3-15-17(13,14)16-8(6)7(5)12/h5-9,12H,2-3H2,1H3,(H,10,11)/t5-,6?,7?,8+/m0/s1. The summed E-state index contributed by atoms with van der Waals surface area (Å²) in [4.78, 5) is 10.9. The lowest BCUT2D eigenvalue weighted by molar-refractivity contribution is -0.122. The van der Waals surface area contributed by atoms with E-state index in [9.17, 15) is 18.3 Å². The maximum absolute atomic E-state index is 11.1. The summed E-state index contributed by atoms with van der Waals surface area (Å²) in [6.45, 7) is 1.56. The van der Waals surface area contributed by atoms with Gasteiger partial charge in [0, 0.05) is 13.5 Å². The van der Waals surface area contributed by atoms with Crippen LogP contribution in [0.5, 0.6) is 0 Å². The van der Waals surface area contributed by atoms with Gasteiger partial charge < -0.3 is 15.7 Å². The van der Waals surface area contributed by atoms with Crippen molar-refractivity contribution >= 4 is 16.3 Å². The lowest BCUT2D eigenvalue weighted by atomic mass is 9.94. The van der Waals surface area contributed by atoms with Crippen molar-refractivity contribution in [1.29, 1.82) is 0 Å². The van der Waals surface area contributed by atoms with Crippen LogP contribution in [0.25, 0.3) is 0 Å². The third-order valence-electron chi connectivity index (χ3n) is 2.75. The third-order valence-corrected chi connectivity index (χ3v) is 3.64. The van der Waals surface area contributed by atoms with E-state index in [4.69, 9.17) is 0 Å². The molecule has 0 aromatic rings. The zero-order valence-corrected chi connectivity index (χ0v) is 9.94. The maximum atomic E-state index is 11.1. The van der Waals surface area contributed by atoms with Crippen molar-refractivity contribution in [1.82, 2.24) is 10.6 Å². The van der Waals surface area contributed by atoms with Crippen LogP contribution in [0.3, 0.4) is 0 Å². The van der Waals surface area contributed by atoms with Crippen LogP contribution >= 0.6 is 0 Å². The molecule has 2 rings (SSSR count). The van der Waals surface area contributed by atoms with Gasteiger partial charge in [-0.05, 0) is 0 Å². The molecule has 0 spiro atoms. The molecule has 98 valence electrons. The van der Waals surface area contributed by atoms with Gasteiger partial charge in [0.15, 0.2) is 0 Å². The van der Waals surface area contributed by atoms with Crippen molar-refractivity contribution < 1.29 is 26.7 Å². The average molecular weight is 266 g/mol.